The minimum atomic E-state index is -0.291. The Kier molecular flexibility index (Phi) is 7.30. The fraction of sp³-hybridized carbons (Fsp3) is 0.348. The zero-order chi connectivity index (χ0) is 21.5. The number of piperazine rings is 1. The Labute approximate surface area is 176 Å². The second kappa shape index (κ2) is 10.1. The van der Waals surface area contributed by atoms with Crippen LogP contribution in [0, 0.1) is 5.82 Å². The fourth-order valence-electron chi connectivity index (χ4n) is 3.50. The molecule has 1 amide bonds. The lowest BCUT2D eigenvalue weighted by Crippen LogP contribution is -2.47. The van der Waals surface area contributed by atoms with E-state index in [-0.39, 0.29) is 11.7 Å². The topological polar surface area (TPSA) is 51.2 Å². The largest absolute Gasteiger partial charge is 0.493 e. The molecule has 0 bridgehead atoms. The maximum atomic E-state index is 13.0. The van der Waals surface area contributed by atoms with E-state index in [0.29, 0.717) is 36.9 Å². The van der Waals surface area contributed by atoms with Crippen LogP contribution in [0.3, 0.4) is 0 Å². The fourth-order valence-corrected chi connectivity index (χ4v) is 3.50. The van der Waals surface area contributed by atoms with E-state index in [4.69, 9.17) is 14.2 Å². The van der Waals surface area contributed by atoms with Crippen molar-refractivity contribution in [3.8, 4) is 17.2 Å². The van der Waals surface area contributed by atoms with Gasteiger partial charge in [-0.2, -0.15) is 0 Å². The van der Waals surface area contributed by atoms with E-state index in [1.54, 1.807) is 45.6 Å². The van der Waals surface area contributed by atoms with E-state index < -0.39 is 0 Å². The first-order valence-electron chi connectivity index (χ1n) is 9.78. The summed E-state index contributed by atoms with van der Waals surface area (Å²) in [5.41, 5.74) is 1.80. The summed E-state index contributed by atoms with van der Waals surface area (Å²) >= 11 is 0. The van der Waals surface area contributed by atoms with Crippen LogP contribution in [0.1, 0.15) is 11.1 Å². The van der Waals surface area contributed by atoms with Crippen LogP contribution in [-0.4, -0.2) is 63.2 Å². The maximum Gasteiger partial charge on any atom is 0.246 e. The van der Waals surface area contributed by atoms with E-state index in [1.165, 1.54) is 12.1 Å². The number of halogens is 1. The van der Waals surface area contributed by atoms with Gasteiger partial charge in [-0.1, -0.05) is 18.2 Å². The predicted molar refractivity (Wildman–Crippen MR) is 113 cm³/mol. The highest BCUT2D eigenvalue weighted by Gasteiger charge is 2.22. The van der Waals surface area contributed by atoms with Crippen LogP contribution in [0.4, 0.5) is 4.39 Å². The second-order valence-electron chi connectivity index (χ2n) is 6.98. The van der Waals surface area contributed by atoms with Crippen LogP contribution in [0.5, 0.6) is 17.2 Å². The molecule has 30 heavy (non-hydrogen) atoms. The SMILES string of the molecule is COc1ccc(CN2CCN(C(=O)/C=C/c3ccc(F)cc3)CC2)c(OC)c1OC. The highest BCUT2D eigenvalue weighted by Crippen LogP contribution is 2.40. The number of carbonyl (C=O) groups is 1. The van der Waals surface area contributed by atoms with Gasteiger partial charge >= 0.3 is 0 Å². The van der Waals surface area contributed by atoms with Gasteiger partial charge in [-0.15, -0.1) is 0 Å². The van der Waals surface area contributed by atoms with Gasteiger partial charge in [-0.3, -0.25) is 9.69 Å². The molecule has 2 aromatic carbocycles. The Balaban J connectivity index is 1.58. The summed E-state index contributed by atoms with van der Waals surface area (Å²) in [7, 11) is 4.80. The lowest BCUT2D eigenvalue weighted by atomic mass is 10.1. The third kappa shape index (κ3) is 5.10. The second-order valence-corrected chi connectivity index (χ2v) is 6.98. The molecule has 3 rings (SSSR count). The van der Waals surface area contributed by atoms with Gasteiger partial charge in [0.05, 0.1) is 21.3 Å². The number of amides is 1. The van der Waals surface area contributed by atoms with E-state index in [0.717, 1.165) is 24.2 Å². The number of carbonyl (C=O) groups excluding carboxylic acids is 1. The van der Waals surface area contributed by atoms with Crippen molar-refractivity contribution in [1.29, 1.82) is 0 Å². The van der Waals surface area contributed by atoms with Gasteiger partial charge in [0.25, 0.3) is 0 Å². The number of hydrogen-bond donors (Lipinski definition) is 0. The monoisotopic (exact) mass is 414 g/mol. The summed E-state index contributed by atoms with van der Waals surface area (Å²) in [5.74, 6) is 1.54. The molecule has 7 heteroatoms. The third-order valence-electron chi connectivity index (χ3n) is 5.15. The molecule has 0 atom stereocenters. The molecule has 0 aliphatic carbocycles. The summed E-state index contributed by atoms with van der Waals surface area (Å²) in [4.78, 5) is 16.6. The lowest BCUT2D eigenvalue weighted by molar-refractivity contribution is -0.127. The number of ether oxygens (including phenoxy) is 3. The van der Waals surface area contributed by atoms with Gasteiger partial charge in [0.2, 0.25) is 11.7 Å². The predicted octanol–water partition coefficient (Wildman–Crippen LogP) is 3.21. The standard InChI is InChI=1S/C23H27FN2O4/c1-28-20-10-7-18(22(29-2)23(20)30-3)16-25-12-14-26(15-13-25)21(27)11-6-17-4-8-19(24)9-5-17/h4-11H,12-16H2,1-3H3/b11-6+. The average Bonchev–Trinajstić information content (AvgIpc) is 2.78. The first kappa shape index (κ1) is 21.6. The summed E-state index contributed by atoms with van der Waals surface area (Å²) in [6.07, 6.45) is 3.25. The highest BCUT2D eigenvalue weighted by molar-refractivity contribution is 5.91. The van der Waals surface area contributed by atoms with Crippen LogP contribution in [0.25, 0.3) is 6.08 Å². The molecule has 1 heterocycles. The lowest BCUT2D eigenvalue weighted by Gasteiger charge is -2.34. The molecule has 6 nitrogen and oxygen atoms in total. The molecule has 0 spiro atoms. The van der Waals surface area contributed by atoms with Crippen LogP contribution >= 0.6 is 0 Å². The Morgan fingerprint density at radius 1 is 0.933 bits per heavy atom. The summed E-state index contributed by atoms with van der Waals surface area (Å²) in [5, 5.41) is 0. The minimum Gasteiger partial charge on any atom is -0.493 e. The third-order valence-corrected chi connectivity index (χ3v) is 5.15. The Hall–Kier alpha value is -3.06. The molecule has 0 radical (unpaired) electrons. The van der Waals surface area contributed by atoms with E-state index in [2.05, 4.69) is 4.90 Å². The highest BCUT2D eigenvalue weighted by atomic mass is 19.1. The van der Waals surface area contributed by atoms with Crippen LogP contribution in [0.2, 0.25) is 0 Å². The number of nitrogens with zero attached hydrogens (tertiary/aromatic N) is 2. The molecule has 0 N–H and O–H groups in total. The molecule has 1 saturated heterocycles. The Morgan fingerprint density at radius 3 is 2.20 bits per heavy atom. The summed E-state index contributed by atoms with van der Waals surface area (Å²) in [6, 6.07) is 9.90. The van der Waals surface area contributed by atoms with Crippen molar-refractivity contribution in [2.45, 2.75) is 6.54 Å². The molecule has 160 valence electrons. The van der Waals surface area contributed by atoms with Crippen LogP contribution < -0.4 is 14.2 Å². The first-order valence-corrected chi connectivity index (χ1v) is 9.78. The van der Waals surface area contributed by atoms with E-state index in [1.807, 2.05) is 17.0 Å². The van der Waals surface area contributed by atoms with Gasteiger partial charge in [-0.05, 0) is 29.8 Å². The van der Waals surface area contributed by atoms with Gasteiger partial charge < -0.3 is 19.1 Å². The molecule has 0 saturated carbocycles. The van der Waals surface area contributed by atoms with Gasteiger partial charge in [-0.25, -0.2) is 4.39 Å². The van der Waals surface area contributed by atoms with E-state index >= 15 is 0 Å². The number of hydrogen-bond acceptors (Lipinski definition) is 5. The number of benzene rings is 2. The quantitative estimate of drug-likeness (QED) is 0.652. The molecular weight excluding hydrogens is 387 g/mol. The van der Waals surface area contributed by atoms with Gasteiger partial charge in [0.1, 0.15) is 5.82 Å². The zero-order valence-corrected chi connectivity index (χ0v) is 17.6. The normalized spacial score (nSPS) is 14.7. The smallest absolute Gasteiger partial charge is 0.246 e. The van der Waals surface area contributed by atoms with Crippen molar-refractivity contribution >= 4 is 12.0 Å². The Morgan fingerprint density at radius 2 is 1.60 bits per heavy atom. The first-order chi connectivity index (χ1) is 14.5. The van der Waals surface area contributed by atoms with Gasteiger partial charge in [0.15, 0.2) is 11.5 Å². The van der Waals surface area contributed by atoms with Crippen molar-refractivity contribution in [2.75, 3.05) is 47.5 Å². The van der Waals surface area contributed by atoms with E-state index in [9.17, 15) is 9.18 Å². The molecule has 1 aliphatic heterocycles. The molecule has 0 unspecified atom stereocenters. The molecule has 1 aliphatic rings. The molecule has 2 aromatic rings. The van der Waals surface area contributed by atoms with Crippen LogP contribution in [0.15, 0.2) is 42.5 Å². The van der Waals surface area contributed by atoms with Crippen molar-refractivity contribution in [2.24, 2.45) is 0 Å². The molecule has 1 fully saturated rings. The summed E-state index contributed by atoms with van der Waals surface area (Å²) in [6.45, 7) is 3.49. The molecule has 0 aromatic heterocycles. The zero-order valence-electron chi connectivity index (χ0n) is 17.6. The molecular formula is C23H27FN2O4. The van der Waals surface area contributed by atoms with Gasteiger partial charge in [0, 0.05) is 44.4 Å². The maximum absolute atomic E-state index is 13.0. The number of rotatable bonds is 7. The van der Waals surface area contributed by atoms with Crippen LogP contribution in [-0.2, 0) is 11.3 Å². The van der Waals surface area contributed by atoms with Crippen molar-refractivity contribution in [1.82, 2.24) is 9.80 Å². The van der Waals surface area contributed by atoms with Crippen molar-refractivity contribution in [3.63, 3.8) is 0 Å². The Bertz CT molecular complexity index is 891. The average molecular weight is 414 g/mol. The van der Waals surface area contributed by atoms with Crippen molar-refractivity contribution in [3.05, 3.63) is 59.4 Å². The number of methoxy groups -OCH3 is 3. The minimum absolute atomic E-state index is 0.0392. The van der Waals surface area contributed by atoms with Crippen molar-refractivity contribution < 1.29 is 23.4 Å². The summed E-state index contributed by atoms with van der Waals surface area (Å²) < 4.78 is 29.3.